The highest BCUT2D eigenvalue weighted by Gasteiger charge is 2.32. The van der Waals surface area contributed by atoms with Gasteiger partial charge in [0.15, 0.2) is 0 Å². The van der Waals surface area contributed by atoms with Crippen molar-refractivity contribution in [1.82, 2.24) is 14.7 Å². The zero-order valence-electron chi connectivity index (χ0n) is 14.3. The van der Waals surface area contributed by atoms with Crippen molar-refractivity contribution in [2.45, 2.75) is 33.2 Å². The van der Waals surface area contributed by atoms with E-state index in [0.717, 1.165) is 17.0 Å². The lowest BCUT2D eigenvalue weighted by Crippen LogP contribution is -2.43. The maximum absolute atomic E-state index is 14.1. The lowest BCUT2D eigenvalue weighted by molar-refractivity contribution is -0.139. The van der Waals surface area contributed by atoms with Gasteiger partial charge in [-0.05, 0) is 26.0 Å². The van der Waals surface area contributed by atoms with Gasteiger partial charge in [-0.25, -0.2) is 9.07 Å². The van der Waals surface area contributed by atoms with Gasteiger partial charge >= 0.3 is 0 Å². The molecule has 0 saturated carbocycles. The van der Waals surface area contributed by atoms with Crippen molar-refractivity contribution in [3.8, 4) is 5.69 Å². The minimum absolute atomic E-state index is 0.0979. The fraction of sp³-hybridized carbons (Fsp3) is 0.444. The van der Waals surface area contributed by atoms with Gasteiger partial charge in [0.1, 0.15) is 11.5 Å². The van der Waals surface area contributed by atoms with Gasteiger partial charge in [-0.15, -0.1) is 0 Å². The predicted octanol–water partition coefficient (Wildman–Crippen LogP) is 2.94. The van der Waals surface area contributed by atoms with Crippen LogP contribution in [0.1, 0.15) is 36.3 Å². The minimum Gasteiger partial charge on any atom is -0.377 e. The fourth-order valence-electron chi connectivity index (χ4n) is 3.34. The molecular formula is C18H22FN3O2. The van der Waals surface area contributed by atoms with Crippen molar-refractivity contribution >= 4 is 5.91 Å². The monoisotopic (exact) mass is 331 g/mol. The van der Waals surface area contributed by atoms with Gasteiger partial charge in [-0.1, -0.05) is 19.1 Å². The molecule has 6 heteroatoms. The van der Waals surface area contributed by atoms with Crippen LogP contribution < -0.4 is 0 Å². The number of aromatic nitrogens is 2. The highest BCUT2D eigenvalue weighted by molar-refractivity contribution is 5.76. The molecule has 1 aromatic heterocycles. The van der Waals surface area contributed by atoms with Crippen LogP contribution in [0.4, 0.5) is 4.39 Å². The molecule has 1 saturated heterocycles. The standard InChI is InChI=1S/C18H22FN3O2/c1-4-17(23)21-9-10-24-11-16(21)18-12(2)20-22(13(18)3)15-8-6-5-7-14(15)19/h5-8,16H,4,9-11H2,1-3H3/t16-/m0/s1. The van der Waals surface area contributed by atoms with Gasteiger partial charge in [0.25, 0.3) is 0 Å². The third kappa shape index (κ3) is 2.82. The molecule has 0 N–H and O–H groups in total. The minimum atomic E-state index is -0.323. The molecule has 24 heavy (non-hydrogen) atoms. The van der Waals surface area contributed by atoms with Crippen LogP contribution >= 0.6 is 0 Å². The highest BCUT2D eigenvalue weighted by Crippen LogP contribution is 2.31. The number of hydrogen-bond acceptors (Lipinski definition) is 3. The zero-order chi connectivity index (χ0) is 17.3. The summed E-state index contributed by atoms with van der Waals surface area (Å²) in [5.41, 5.74) is 2.98. The molecule has 3 rings (SSSR count). The van der Waals surface area contributed by atoms with Crippen LogP contribution in [0.5, 0.6) is 0 Å². The Kier molecular flexibility index (Phi) is 4.66. The third-order valence-electron chi connectivity index (χ3n) is 4.51. The van der Waals surface area contributed by atoms with E-state index in [1.807, 2.05) is 25.7 Å². The molecule has 0 bridgehead atoms. The van der Waals surface area contributed by atoms with Crippen LogP contribution in [-0.2, 0) is 9.53 Å². The van der Waals surface area contributed by atoms with E-state index in [2.05, 4.69) is 5.10 Å². The van der Waals surface area contributed by atoms with E-state index in [-0.39, 0.29) is 17.8 Å². The molecule has 1 atom stereocenters. The Balaban J connectivity index is 2.05. The SMILES string of the molecule is CCC(=O)N1CCOC[C@H]1c1c(C)nn(-c2ccccc2F)c1C. The summed E-state index contributed by atoms with van der Waals surface area (Å²) in [5.74, 6) is -0.225. The maximum Gasteiger partial charge on any atom is 0.222 e. The third-order valence-corrected chi connectivity index (χ3v) is 4.51. The Labute approximate surface area is 141 Å². The van der Waals surface area contributed by atoms with Crippen molar-refractivity contribution in [2.24, 2.45) is 0 Å². The van der Waals surface area contributed by atoms with E-state index in [1.54, 1.807) is 22.9 Å². The van der Waals surface area contributed by atoms with Crippen molar-refractivity contribution < 1.29 is 13.9 Å². The summed E-state index contributed by atoms with van der Waals surface area (Å²) in [6, 6.07) is 6.38. The van der Waals surface area contributed by atoms with Gasteiger partial charge in [0.2, 0.25) is 5.91 Å². The molecule has 1 aliphatic heterocycles. The Morgan fingerprint density at radius 1 is 1.38 bits per heavy atom. The summed E-state index contributed by atoms with van der Waals surface area (Å²) in [6.45, 7) is 7.21. The van der Waals surface area contributed by atoms with Gasteiger partial charge in [0.05, 0.1) is 24.9 Å². The number of carbonyl (C=O) groups excluding carboxylic acids is 1. The summed E-state index contributed by atoms with van der Waals surface area (Å²) >= 11 is 0. The smallest absolute Gasteiger partial charge is 0.222 e. The number of aryl methyl sites for hydroxylation is 1. The van der Waals surface area contributed by atoms with Gasteiger partial charge in [0, 0.05) is 24.2 Å². The number of para-hydroxylation sites is 1. The van der Waals surface area contributed by atoms with Crippen molar-refractivity contribution in [3.63, 3.8) is 0 Å². The van der Waals surface area contributed by atoms with Gasteiger partial charge in [-0.3, -0.25) is 4.79 Å². The normalized spacial score (nSPS) is 18.0. The zero-order valence-corrected chi connectivity index (χ0v) is 14.3. The number of rotatable bonds is 3. The maximum atomic E-state index is 14.1. The summed E-state index contributed by atoms with van der Waals surface area (Å²) in [4.78, 5) is 14.1. The molecule has 1 aliphatic rings. The predicted molar refractivity (Wildman–Crippen MR) is 88.6 cm³/mol. The molecule has 0 radical (unpaired) electrons. The number of amides is 1. The number of nitrogens with zero attached hydrogens (tertiary/aromatic N) is 3. The summed E-state index contributed by atoms with van der Waals surface area (Å²) in [5, 5.41) is 4.52. The van der Waals surface area contributed by atoms with E-state index in [1.165, 1.54) is 6.07 Å². The molecule has 5 nitrogen and oxygen atoms in total. The largest absolute Gasteiger partial charge is 0.377 e. The number of morpholine rings is 1. The van der Waals surface area contributed by atoms with E-state index in [9.17, 15) is 9.18 Å². The van der Waals surface area contributed by atoms with E-state index in [4.69, 9.17) is 4.74 Å². The lowest BCUT2D eigenvalue weighted by atomic mass is 10.0. The average Bonchev–Trinajstić information content (AvgIpc) is 2.89. The van der Waals surface area contributed by atoms with Crippen LogP contribution in [0.25, 0.3) is 5.69 Å². The van der Waals surface area contributed by atoms with Crippen LogP contribution in [0.15, 0.2) is 24.3 Å². The molecule has 1 aromatic carbocycles. The Hall–Kier alpha value is -2.21. The van der Waals surface area contributed by atoms with Crippen molar-refractivity contribution in [2.75, 3.05) is 19.8 Å². The first-order valence-corrected chi connectivity index (χ1v) is 8.22. The number of carbonyl (C=O) groups is 1. The molecule has 0 aliphatic carbocycles. The molecular weight excluding hydrogens is 309 g/mol. The van der Waals surface area contributed by atoms with Gasteiger partial charge in [-0.2, -0.15) is 5.10 Å². The highest BCUT2D eigenvalue weighted by atomic mass is 19.1. The average molecular weight is 331 g/mol. The Morgan fingerprint density at radius 2 is 2.12 bits per heavy atom. The topological polar surface area (TPSA) is 47.4 Å². The van der Waals surface area contributed by atoms with Crippen LogP contribution in [0.2, 0.25) is 0 Å². The van der Waals surface area contributed by atoms with E-state index in [0.29, 0.717) is 31.9 Å². The first-order chi connectivity index (χ1) is 11.5. The first kappa shape index (κ1) is 16.6. The van der Waals surface area contributed by atoms with Crippen LogP contribution in [-0.4, -0.2) is 40.3 Å². The summed E-state index contributed by atoms with van der Waals surface area (Å²) in [6.07, 6.45) is 0.454. The molecule has 1 fully saturated rings. The number of ether oxygens (including phenoxy) is 1. The van der Waals surface area contributed by atoms with E-state index < -0.39 is 0 Å². The lowest BCUT2D eigenvalue weighted by Gasteiger charge is -2.36. The second-order valence-electron chi connectivity index (χ2n) is 5.98. The summed E-state index contributed by atoms with van der Waals surface area (Å²) < 4.78 is 21.4. The van der Waals surface area contributed by atoms with Gasteiger partial charge < -0.3 is 9.64 Å². The van der Waals surface area contributed by atoms with Crippen LogP contribution in [0, 0.1) is 19.7 Å². The van der Waals surface area contributed by atoms with Crippen molar-refractivity contribution in [1.29, 1.82) is 0 Å². The second-order valence-corrected chi connectivity index (χ2v) is 5.98. The summed E-state index contributed by atoms with van der Waals surface area (Å²) in [7, 11) is 0. The number of hydrogen-bond donors (Lipinski definition) is 0. The molecule has 1 amide bonds. The van der Waals surface area contributed by atoms with Crippen LogP contribution in [0.3, 0.4) is 0 Å². The second kappa shape index (κ2) is 6.73. The molecule has 2 aromatic rings. The number of halogens is 1. The quantitative estimate of drug-likeness (QED) is 0.869. The first-order valence-electron chi connectivity index (χ1n) is 8.22. The van der Waals surface area contributed by atoms with E-state index >= 15 is 0 Å². The fourth-order valence-corrected chi connectivity index (χ4v) is 3.34. The molecule has 0 unspecified atom stereocenters. The Morgan fingerprint density at radius 3 is 2.83 bits per heavy atom. The Bertz CT molecular complexity index is 757. The number of benzene rings is 1. The molecule has 0 spiro atoms. The molecule has 2 heterocycles. The molecule has 128 valence electrons. The van der Waals surface area contributed by atoms with Crippen molar-refractivity contribution in [3.05, 3.63) is 47.0 Å².